The molecule has 41 heavy (non-hydrogen) atoms. The smallest absolute Gasteiger partial charge is 0.398 e. The maximum absolute atomic E-state index is 14.5. The molecule has 212 valence electrons. The minimum atomic E-state index is -4.81. The molecule has 8 nitrogen and oxygen atoms in total. The summed E-state index contributed by atoms with van der Waals surface area (Å²) < 4.78 is 68.2. The maximum atomic E-state index is 14.5. The first-order chi connectivity index (χ1) is 19.5. The Balaban J connectivity index is 1.53. The lowest BCUT2D eigenvalue weighted by Gasteiger charge is -2.24. The summed E-state index contributed by atoms with van der Waals surface area (Å²) in [6, 6.07) is 10.9. The zero-order chi connectivity index (χ0) is 29.4. The van der Waals surface area contributed by atoms with Gasteiger partial charge in [0.05, 0.1) is 31.4 Å². The molecule has 0 aliphatic carbocycles. The molecule has 0 bridgehead atoms. The minimum Gasteiger partial charge on any atom is -0.496 e. The van der Waals surface area contributed by atoms with Gasteiger partial charge in [-0.25, -0.2) is 9.37 Å². The van der Waals surface area contributed by atoms with Crippen LogP contribution in [0.5, 0.6) is 11.5 Å². The second-order valence-corrected chi connectivity index (χ2v) is 10.00. The number of rotatable bonds is 8. The molecule has 0 saturated heterocycles. The van der Waals surface area contributed by atoms with Crippen molar-refractivity contribution in [1.29, 1.82) is 0 Å². The molecule has 2 aromatic carbocycles. The zero-order valence-corrected chi connectivity index (χ0v) is 22.0. The van der Waals surface area contributed by atoms with E-state index in [1.807, 2.05) is 0 Å². The van der Waals surface area contributed by atoms with Crippen molar-refractivity contribution in [3.8, 4) is 22.8 Å². The molecule has 4 aromatic rings. The SMILES string of the molecule is COc1cc(C(=O)NCC(c2cc3c(c(-c4ccc(F)cc4)n2)OC[C@]3(C)CN=O)C(F)(F)F)cc2ccncc12. The van der Waals surface area contributed by atoms with Crippen LogP contribution in [0, 0.1) is 10.7 Å². The van der Waals surface area contributed by atoms with Gasteiger partial charge in [0.1, 0.15) is 28.9 Å². The number of hydrogen-bond acceptors (Lipinski definition) is 7. The summed E-state index contributed by atoms with van der Waals surface area (Å²) in [5, 5.41) is 6.61. The van der Waals surface area contributed by atoms with Crippen LogP contribution in [0.2, 0.25) is 0 Å². The molecule has 1 N–H and O–H groups in total. The quantitative estimate of drug-likeness (QED) is 0.209. The second-order valence-electron chi connectivity index (χ2n) is 10.00. The van der Waals surface area contributed by atoms with Crippen molar-refractivity contribution in [3.05, 3.63) is 88.5 Å². The fourth-order valence-corrected chi connectivity index (χ4v) is 4.86. The normalized spacial score (nSPS) is 17.0. The standard InChI is InChI=1S/C29H24F4N4O4/c1-28(14-36-39)15-41-26-21(28)11-23(37-25(26)16-3-5-19(30)6-4-16)22(29(31,32)33)13-35-27(38)18-9-17-7-8-34-12-20(17)24(10-18)40-2/h3-12,22H,13-15H2,1-2H3,(H,35,38)/t22?,28-/m0/s1. The molecule has 0 saturated carbocycles. The first-order valence-corrected chi connectivity index (χ1v) is 12.5. The molecule has 12 heteroatoms. The first-order valence-electron chi connectivity index (χ1n) is 12.5. The lowest BCUT2D eigenvalue weighted by molar-refractivity contribution is -0.149. The highest BCUT2D eigenvalue weighted by atomic mass is 19.4. The van der Waals surface area contributed by atoms with E-state index in [0.717, 1.165) is 12.1 Å². The van der Waals surface area contributed by atoms with Crippen LogP contribution in [0.1, 0.15) is 34.5 Å². The summed E-state index contributed by atoms with van der Waals surface area (Å²) in [6.45, 7) is 0.599. The molecular formula is C29H24F4N4O4. The molecule has 2 aromatic heterocycles. The molecule has 1 amide bonds. The molecule has 1 aliphatic heterocycles. The van der Waals surface area contributed by atoms with E-state index < -0.39 is 35.8 Å². The Labute approximate surface area is 231 Å². The molecule has 1 unspecified atom stereocenters. The van der Waals surface area contributed by atoms with E-state index >= 15 is 0 Å². The van der Waals surface area contributed by atoms with Gasteiger partial charge in [0, 0.05) is 41.0 Å². The minimum absolute atomic E-state index is 0.000137. The van der Waals surface area contributed by atoms with Crippen LogP contribution in [-0.2, 0) is 5.41 Å². The van der Waals surface area contributed by atoms with Gasteiger partial charge in [0.15, 0.2) is 0 Å². The highest BCUT2D eigenvalue weighted by Crippen LogP contribution is 2.46. The fraction of sp³-hybridized carbons (Fsp3) is 0.276. The van der Waals surface area contributed by atoms with E-state index in [9.17, 15) is 27.3 Å². The van der Waals surface area contributed by atoms with Gasteiger partial charge >= 0.3 is 6.18 Å². The molecule has 5 rings (SSSR count). The van der Waals surface area contributed by atoms with Crippen LogP contribution in [-0.4, -0.2) is 48.9 Å². The van der Waals surface area contributed by atoms with Crippen molar-refractivity contribution in [2.24, 2.45) is 5.18 Å². The Morgan fingerprint density at radius 2 is 1.95 bits per heavy atom. The lowest BCUT2D eigenvalue weighted by atomic mass is 9.83. The molecule has 3 heterocycles. The van der Waals surface area contributed by atoms with Gasteiger partial charge in [-0.05, 0) is 53.9 Å². The highest BCUT2D eigenvalue weighted by molar-refractivity contribution is 6.00. The number of alkyl halides is 3. The number of nitroso groups, excluding NO2 is 1. The first kappa shape index (κ1) is 27.9. The number of aromatic nitrogens is 2. The third-order valence-corrected chi connectivity index (χ3v) is 7.13. The van der Waals surface area contributed by atoms with Gasteiger partial charge in [-0.1, -0.05) is 12.1 Å². The van der Waals surface area contributed by atoms with Crippen molar-refractivity contribution in [3.63, 3.8) is 0 Å². The second kappa shape index (κ2) is 10.8. The Hall–Kier alpha value is -4.61. The third-order valence-electron chi connectivity index (χ3n) is 7.13. The number of hydrogen-bond donors (Lipinski definition) is 1. The number of benzene rings is 2. The Bertz CT molecular complexity index is 1630. The van der Waals surface area contributed by atoms with E-state index in [2.05, 4.69) is 20.5 Å². The van der Waals surface area contributed by atoms with E-state index in [4.69, 9.17) is 9.47 Å². The summed E-state index contributed by atoms with van der Waals surface area (Å²) >= 11 is 0. The summed E-state index contributed by atoms with van der Waals surface area (Å²) in [7, 11) is 1.42. The number of ether oxygens (including phenoxy) is 2. The van der Waals surface area contributed by atoms with Crippen molar-refractivity contribution in [1.82, 2.24) is 15.3 Å². The average molecular weight is 569 g/mol. The van der Waals surface area contributed by atoms with Crippen LogP contribution < -0.4 is 14.8 Å². The Morgan fingerprint density at radius 3 is 2.63 bits per heavy atom. The van der Waals surface area contributed by atoms with E-state index in [-0.39, 0.29) is 35.9 Å². The predicted molar refractivity (Wildman–Crippen MR) is 143 cm³/mol. The molecule has 1 aliphatic rings. The Morgan fingerprint density at radius 1 is 1.20 bits per heavy atom. The average Bonchev–Trinajstić information content (AvgIpc) is 3.28. The zero-order valence-electron chi connectivity index (χ0n) is 22.0. The summed E-state index contributed by atoms with van der Waals surface area (Å²) in [5.74, 6) is -2.93. The Kier molecular flexibility index (Phi) is 7.33. The number of nitrogens with one attached hydrogen (secondary N) is 1. The third kappa shape index (κ3) is 5.41. The van der Waals surface area contributed by atoms with Gasteiger partial charge in [0.2, 0.25) is 0 Å². The van der Waals surface area contributed by atoms with Crippen molar-refractivity contribution in [2.75, 3.05) is 26.8 Å². The van der Waals surface area contributed by atoms with Crippen LogP contribution in [0.15, 0.2) is 66.1 Å². The van der Waals surface area contributed by atoms with Crippen molar-refractivity contribution in [2.45, 2.75) is 24.4 Å². The number of pyridine rings is 2. The van der Waals surface area contributed by atoms with Crippen LogP contribution >= 0.6 is 0 Å². The molecule has 0 fully saturated rings. The number of nitrogens with zero attached hydrogens (tertiary/aromatic N) is 3. The predicted octanol–water partition coefficient (Wildman–Crippen LogP) is 5.94. The topological polar surface area (TPSA) is 103 Å². The number of amides is 1. The van der Waals surface area contributed by atoms with E-state index in [1.165, 1.54) is 43.6 Å². The molecule has 0 spiro atoms. The van der Waals surface area contributed by atoms with Crippen LogP contribution in [0.25, 0.3) is 22.0 Å². The van der Waals surface area contributed by atoms with Gasteiger partial charge < -0.3 is 14.8 Å². The number of fused-ring (bicyclic) bond motifs is 2. The van der Waals surface area contributed by atoms with Crippen LogP contribution in [0.4, 0.5) is 17.6 Å². The van der Waals surface area contributed by atoms with Crippen LogP contribution in [0.3, 0.4) is 0 Å². The fourth-order valence-electron chi connectivity index (χ4n) is 4.86. The van der Waals surface area contributed by atoms with E-state index in [0.29, 0.717) is 27.6 Å². The summed E-state index contributed by atoms with van der Waals surface area (Å²) in [4.78, 5) is 32.6. The number of halogens is 4. The van der Waals surface area contributed by atoms with E-state index in [1.54, 1.807) is 19.2 Å². The van der Waals surface area contributed by atoms with Gasteiger partial charge in [-0.3, -0.25) is 9.78 Å². The largest absolute Gasteiger partial charge is 0.496 e. The van der Waals surface area contributed by atoms with Gasteiger partial charge in [-0.2, -0.15) is 18.1 Å². The summed E-state index contributed by atoms with van der Waals surface area (Å²) in [6.07, 6.45) is -1.72. The number of carbonyl (C=O) groups excluding carboxylic acids is 1. The monoisotopic (exact) mass is 568 g/mol. The molecular weight excluding hydrogens is 544 g/mol. The number of carbonyl (C=O) groups is 1. The lowest BCUT2D eigenvalue weighted by Crippen LogP contribution is -2.36. The van der Waals surface area contributed by atoms with Crippen molar-refractivity contribution >= 4 is 16.7 Å². The maximum Gasteiger partial charge on any atom is 0.398 e. The number of methoxy groups -OCH3 is 1. The van der Waals surface area contributed by atoms with Crippen molar-refractivity contribution < 1.29 is 31.8 Å². The summed E-state index contributed by atoms with van der Waals surface area (Å²) in [5.41, 5.74) is -0.556. The molecule has 0 radical (unpaired) electrons. The highest BCUT2D eigenvalue weighted by Gasteiger charge is 2.45. The molecule has 2 atom stereocenters. The van der Waals surface area contributed by atoms with Gasteiger partial charge in [0.25, 0.3) is 5.91 Å². The van der Waals surface area contributed by atoms with Gasteiger partial charge in [-0.15, -0.1) is 0 Å².